The van der Waals surface area contributed by atoms with Crippen LogP contribution in [0, 0.1) is 0 Å². The zero-order valence-electron chi connectivity index (χ0n) is 7.06. The molecule has 0 atom stereocenters. The van der Waals surface area contributed by atoms with Crippen LogP contribution < -0.4 is 0 Å². The molecule has 0 unspecified atom stereocenters. The predicted molar refractivity (Wildman–Crippen MR) is 47.7 cm³/mol. The van der Waals surface area contributed by atoms with E-state index in [-0.39, 0.29) is 0 Å². The molecule has 0 spiro atoms. The molecule has 0 radical (unpaired) electrons. The monoisotopic (exact) mass is 139 g/mol. The first kappa shape index (κ1) is 9.41. The molecule has 0 amide bonds. The number of nitrogens with zero attached hydrogens (tertiary/aromatic N) is 1. The summed E-state index contributed by atoms with van der Waals surface area (Å²) in [5.74, 6) is 0. The van der Waals surface area contributed by atoms with Crippen molar-refractivity contribution in [2.75, 3.05) is 6.54 Å². The molecule has 0 aliphatic carbocycles. The molecule has 0 aliphatic rings. The van der Waals surface area contributed by atoms with E-state index in [2.05, 4.69) is 25.4 Å². The number of hydrogen-bond acceptors (Lipinski definition) is 1. The molecule has 0 aliphatic heterocycles. The van der Waals surface area contributed by atoms with Crippen LogP contribution in [0.15, 0.2) is 17.6 Å². The Hall–Kier alpha value is -0.590. The van der Waals surface area contributed by atoms with Gasteiger partial charge in [0.15, 0.2) is 0 Å². The van der Waals surface area contributed by atoms with Crippen LogP contribution in [-0.4, -0.2) is 12.3 Å². The van der Waals surface area contributed by atoms with Crippen LogP contribution in [0.4, 0.5) is 0 Å². The lowest BCUT2D eigenvalue weighted by molar-refractivity contribution is 0.913. The fourth-order valence-corrected chi connectivity index (χ4v) is 0.757. The van der Waals surface area contributed by atoms with Crippen LogP contribution in [0.25, 0.3) is 0 Å². The van der Waals surface area contributed by atoms with Crippen molar-refractivity contribution in [1.29, 1.82) is 0 Å². The van der Waals surface area contributed by atoms with Crippen LogP contribution >= 0.6 is 0 Å². The Morgan fingerprint density at radius 3 is 2.50 bits per heavy atom. The van der Waals surface area contributed by atoms with E-state index in [4.69, 9.17) is 0 Å². The maximum atomic E-state index is 4.35. The first-order valence-electron chi connectivity index (χ1n) is 4.00. The molecule has 10 heavy (non-hydrogen) atoms. The number of rotatable bonds is 5. The number of allylic oxidation sites excluding steroid dienone is 1. The molecular formula is C9H17N. The van der Waals surface area contributed by atoms with Crippen LogP contribution in [0.2, 0.25) is 0 Å². The van der Waals surface area contributed by atoms with Crippen molar-refractivity contribution in [3.8, 4) is 0 Å². The Morgan fingerprint density at radius 1 is 1.40 bits per heavy atom. The zero-order valence-corrected chi connectivity index (χ0v) is 7.06. The van der Waals surface area contributed by atoms with Gasteiger partial charge in [0.05, 0.1) is 0 Å². The van der Waals surface area contributed by atoms with Crippen molar-refractivity contribution in [1.82, 2.24) is 0 Å². The summed E-state index contributed by atoms with van der Waals surface area (Å²) in [5.41, 5.74) is 1.16. The molecule has 0 fully saturated rings. The van der Waals surface area contributed by atoms with Crippen molar-refractivity contribution < 1.29 is 0 Å². The summed E-state index contributed by atoms with van der Waals surface area (Å²) in [6, 6.07) is 0. The highest BCUT2D eigenvalue weighted by atomic mass is 14.7. The molecule has 0 heterocycles. The molecule has 0 bridgehead atoms. The quantitative estimate of drug-likeness (QED) is 0.519. The minimum Gasteiger partial charge on any atom is -0.290 e. The highest BCUT2D eigenvalue weighted by Crippen LogP contribution is 1.94. The second-order valence-electron chi connectivity index (χ2n) is 2.33. The highest BCUT2D eigenvalue weighted by molar-refractivity contribution is 5.94. The molecule has 0 aromatic carbocycles. The second kappa shape index (κ2) is 6.53. The summed E-state index contributed by atoms with van der Waals surface area (Å²) in [7, 11) is 0. The average Bonchev–Trinajstić information content (AvgIpc) is 1.98. The van der Waals surface area contributed by atoms with Gasteiger partial charge in [-0.05, 0) is 18.9 Å². The van der Waals surface area contributed by atoms with Crippen LogP contribution in [0.5, 0.6) is 0 Å². The SMILES string of the molecule is C=CC(CCC)=NCCC. The third kappa shape index (κ3) is 4.30. The Bertz CT molecular complexity index is 114. The summed E-state index contributed by atoms with van der Waals surface area (Å²) in [6.07, 6.45) is 5.22. The Labute approximate surface area is 63.9 Å². The van der Waals surface area contributed by atoms with Crippen LogP contribution in [0.1, 0.15) is 33.1 Å². The van der Waals surface area contributed by atoms with Gasteiger partial charge in [-0.25, -0.2) is 0 Å². The van der Waals surface area contributed by atoms with E-state index in [1.165, 1.54) is 0 Å². The lowest BCUT2D eigenvalue weighted by atomic mass is 10.2. The molecule has 1 nitrogen and oxygen atoms in total. The minimum absolute atomic E-state index is 0.946. The second-order valence-corrected chi connectivity index (χ2v) is 2.33. The summed E-state index contributed by atoms with van der Waals surface area (Å²) in [4.78, 5) is 4.35. The van der Waals surface area contributed by atoms with Gasteiger partial charge >= 0.3 is 0 Å². The Balaban J connectivity index is 3.66. The molecule has 0 saturated heterocycles. The van der Waals surface area contributed by atoms with Crippen LogP contribution in [-0.2, 0) is 0 Å². The van der Waals surface area contributed by atoms with E-state index in [1.54, 1.807) is 0 Å². The topological polar surface area (TPSA) is 12.4 Å². The average molecular weight is 139 g/mol. The van der Waals surface area contributed by atoms with E-state index in [9.17, 15) is 0 Å². The Kier molecular flexibility index (Phi) is 6.14. The maximum absolute atomic E-state index is 4.35. The van der Waals surface area contributed by atoms with Crippen molar-refractivity contribution in [2.24, 2.45) is 4.99 Å². The number of hydrogen-bond donors (Lipinski definition) is 0. The molecule has 1 heteroatoms. The first-order chi connectivity index (χ1) is 4.85. The van der Waals surface area contributed by atoms with Gasteiger partial charge in [-0.2, -0.15) is 0 Å². The van der Waals surface area contributed by atoms with Gasteiger partial charge in [-0.15, -0.1) is 0 Å². The number of aliphatic imine (C=N–C) groups is 1. The molecule has 0 saturated carbocycles. The van der Waals surface area contributed by atoms with Gasteiger partial charge in [0, 0.05) is 12.3 Å². The molecule has 0 aromatic rings. The van der Waals surface area contributed by atoms with Gasteiger partial charge in [0.25, 0.3) is 0 Å². The smallest absolute Gasteiger partial charge is 0.0389 e. The summed E-state index contributed by atoms with van der Waals surface area (Å²) < 4.78 is 0. The standard InChI is InChI=1S/C9H17N/c1-4-7-9(6-3)10-8-5-2/h6H,3-5,7-8H2,1-2H3. The van der Waals surface area contributed by atoms with Crippen molar-refractivity contribution in [2.45, 2.75) is 33.1 Å². The molecule has 0 rings (SSSR count). The highest BCUT2D eigenvalue weighted by Gasteiger charge is 1.88. The first-order valence-corrected chi connectivity index (χ1v) is 4.00. The Morgan fingerprint density at radius 2 is 2.10 bits per heavy atom. The summed E-state index contributed by atoms with van der Waals surface area (Å²) in [5, 5.41) is 0. The van der Waals surface area contributed by atoms with Gasteiger partial charge in [0.2, 0.25) is 0 Å². The van der Waals surface area contributed by atoms with Crippen molar-refractivity contribution >= 4 is 5.71 Å². The third-order valence-electron chi connectivity index (χ3n) is 1.28. The van der Waals surface area contributed by atoms with Gasteiger partial charge in [-0.1, -0.05) is 26.8 Å². The van der Waals surface area contributed by atoms with Gasteiger partial charge in [0.1, 0.15) is 0 Å². The molecule has 0 N–H and O–H groups in total. The maximum Gasteiger partial charge on any atom is 0.0389 e. The van der Waals surface area contributed by atoms with E-state index in [0.717, 1.165) is 31.5 Å². The van der Waals surface area contributed by atoms with Gasteiger partial charge in [-0.3, -0.25) is 4.99 Å². The van der Waals surface area contributed by atoms with E-state index in [1.807, 2.05) is 6.08 Å². The zero-order chi connectivity index (χ0) is 7.82. The fourth-order valence-electron chi connectivity index (χ4n) is 0.757. The summed E-state index contributed by atoms with van der Waals surface area (Å²) >= 11 is 0. The third-order valence-corrected chi connectivity index (χ3v) is 1.28. The molecular weight excluding hydrogens is 122 g/mol. The lowest BCUT2D eigenvalue weighted by Gasteiger charge is -1.96. The van der Waals surface area contributed by atoms with Crippen molar-refractivity contribution in [3.05, 3.63) is 12.7 Å². The van der Waals surface area contributed by atoms with E-state index >= 15 is 0 Å². The van der Waals surface area contributed by atoms with Gasteiger partial charge < -0.3 is 0 Å². The van der Waals surface area contributed by atoms with E-state index < -0.39 is 0 Å². The fraction of sp³-hybridized carbons (Fsp3) is 0.667. The van der Waals surface area contributed by atoms with Crippen LogP contribution in [0.3, 0.4) is 0 Å². The summed E-state index contributed by atoms with van der Waals surface area (Å²) in [6.45, 7) is 8.94. The molecule has 0 aromatic heterocycles. The minimum atomic E-state index is 0.946. The predicted octanol–water partition coefficient (Wildman–Crippen LogP) is 2.82. The lowest BCUT2D eigenvalue weighted by Crippen LogP contribution is -1.93. The largest absolute Gasteiger partial charge is 0.290 e. The van der Waals surface area contributed by atoms with E-state index in [0.29, 0.717) is 0 Å². The van der Waals surface area contributed by atoms with Crippen molar-refractivity contribution in [3.63, 3.8) is 0 Å². The normalized spacial score (nSPS) is 11.6. The molecule has 58 valence electrons.